The average molecular weight is 274 g/mol. The summed E-state index contributed by atoms with van der Waals surface area (Å²) >= 11 is 0. The Labute approximate surface area is 122 Å². The molecule has 1 saturated carbocycles. The maximum Gasteiger partial charge on any atom is 0.136 e. The Hall–Kier alpha value is -1.31. The predicted molar refractivity (Wildman–Crippen MR) is 82.1 cm³/mol. The highest BCUT2D eigenvalue weighted by Crippen LogP contribution is 2.32. The maximum atomic E-state index is 12.0. The Kier molecular flexibility index (Phi) is 5.63. The number of carbonyl (C=O) groups excluding carboxylic acids is 1. The fraction of sp³-hybridized carbons (Fsp3) is 0.611. The zero-order valence-corrected chi connectivity index (χ0v) is 12.7. The molecule has 1 aromatic rings. The number of aryl methyl sites for hydroxylation is 1. The van der Waals surface area contributed by atoms with Crippen LogP contribution in [0.4, 0.5) is 0 Å². The maximum absolute atomic E-state index is 12.0. The van der Waals surface area contributed by atoms with Gasteiger partial charge in [0.1, 0.15) is 11.5 Å². The van der Waals surface area contributed by atoms with E-state index in [1.807, 2.05) is 12.1 Å². The first kappa shape index (κ1) is 15.1. The average Bonchev–Trinajstić information content (AvgIpc) is 2.48. The highest BCUT2D eigenvalue weighted by Gasteiger charge is 2.27. The quantitative estimate of drug-likeness (QED) is 0.768. The monoisotopic (exact) mass is 274 g/mol. The lowest BCUT2D eigenvalue weighted by molar-refractivity contribution is -0.125. The fourth-order valence-corrected chi connectivity index (χ4v) is 3.28. The number of rotatable bonds is 6. The number of benzene rings is 1. The van der Waals surface area contributed by atoms with Crippen LogP contribution in [-0.4, -0.2) is 12.9 Å². The van der Waals surface area contributed by atoms with Crippen LogP contribution >= 0.6 is 0 Å². The largest absolute Gasteiger partial charge is 0.497 e. The van der Waals surface area contributed by atoms with Gasteiger partial charge in [-0.05, 0) is 49.3 Å². The molecule has 0 bridgehead atoms. The van der Waals surface area contributed by atoms with Crippen LogP contribution in [0.1, 0.15) is 51.0 Å². The summed E-state index contributed by atoms with van der Waals surface area (Å²) in [6, 6.07) is 8.21. The molecule has 1 aliphatic carbocycles. The first-order valence-corrected chi connectivity index (χ1v) is 7.88. The zero-order chi connectivity index (χ0) is 14.4. The number of hydrogen-bond acceptors (Lipinski definition) is 2. The molecule has 110 valence electrons. The molecule has 0 N–H and O–H groups in total. The van der Waals surface area contributed by atoms with E-state index < -0.39 is 0 Å². The number of ether oxygens (including phenoxy) is 1. The molecule has 0 amide bonds. The van der Waals surface area contributed by atoms with Crippen molar-refractivity contribution in [1.29, 1.82) is 0 Å². The summed E-state index contributed by atoms with van der Waals surface area (Å²) in [5.41, 5.74) is 1.30. The summed E-state index contributed by atoms with van der Waals surface area (Å²) in [5, 5.41) is 0. The molecule has 0 aromatic heterocycles. The van der Waals surface area contributed by atoms with Crippen LogP contribution in [0.3, 0.4) is 0 Å². The molecule has 2 atom stereocenters. The van der Waals surface area contributed by atoms with Crippen molar-refractivity contribution in [2.24, 2.45) is 11.8 Å². The lowest BCUT2D eigenvalue weighted by atomic mass is 9.76. The molecule has 20 heavy (non-hydrogen) atoms. The van der Waals surface area contributed by atoms with Crippen molar-refractivity contribution >= 4 is 5.78 Å². The van der Waals surface area contributed by atoms with Gasteiger partial charge < -0.3 is 4.74 Å². The Morgan fingerprint density at radius 2 is 1.95 bits per heavy atom. The Balaban J connectivity index is 1.86. The van der Waals surface area contributed by atoms with Crippen molar-refractivity contribution in [2.75, 3.05) is 7.11 Å². The second-order valence-electron chi connectivity index (χ2n) is 5.98. The predicted octanol–water partition coefficient (Wildman–Crippen LogP) is 4.41. The first-order chi connectivity index (χ1) is 9.72. The third kappa shape index (κ3) is 4.09. The standard InChI is InChI=1S/C18H26O2/c1-3-4-15-8-12-18(19)16(13-15)9-5-14-6-10-17(20-2)11-7-14/h6-7,10-11,15-16H,3-5,8-9,12-13H2,1-2H3. The molecule has 1 aliphatic rings. The van der Waals surface area contributed by atoms with Gasteiger partial charge in [-0.3, -0.25) is 4.79 Å². The second kappa shape index (κ2) is 7.47. The molecular weight excluding hydrogens is 248 g/mol. The molecule has 2 rings (SSSR count). The minimum absolute atomic E-state index is 0.294. The molecule has 0 aliphatic heterocycles. The normalized spacial score (nSPS) is 22.8. The van der Waals surface area contributed by atoms with E-state index in [4.69, 9.17) is 4.74 Å². The van der Waals surface area contributed by atoms with Crippen LogP contribution in [0.2, 0.25) is 0 Å². The summed E-state index contributed by atoms with van der Waals surface area (Å²) in [4.78, 5) is 12.0. The highest BCUT2D eigenvalue weighted by molar-refractivity contribution is 5.81. The smallest absolute Gasteiger partial charge is 0.136 e. The van der Waals surface area contributed by atoms with Crippen molar-refractivity contribution in [3.05, 3.63) is 29.8 Å². The van der Waals surface area contributed by atoms with E-state index >= 15 is 0 Å². The first-order valence-electron chi connectivity index (χ1n) is 7.88. The molecule has 0 saturated heterocycles. The minimum Gasteiger partial charge on any atom is -0.497 e. The van der Waals surface area contributed by atoms with Gasteiger partial charge in [-0.15, -0.1) is 0 Å². The van der Waals surface area contributed by atoms with E-state index in [9.17, 15) is 4.79 Å². The van der Waals surface area contributed by atoms with Crippen LogP contribution in [0, 0.1) is 11.8 Å². The van der Waals surface area contributed by atoms with Crippen molar-refractivity contribution < 1.29 is 9.53 Å². The summed E-state index contributed by atoms with van der Waals surface area (Å²) in [5.74, 6) is 2.46. The van der Waals surface area contributed by atoms with Gasteiger partial charge in [0, 0.05) is 12.3 Å². The van der Waals surface area contributed by atoms with Crippen molar-refractivity contribution in [3.63, 3.8) is 0 Å². The molecule has 2 nitrogen and oxygen atoms in total. The number of carbonyl (C=O) groups is 1. The Morgan fingerprint density at radius 1 is 1.20 bits per heavy atom. The highest BCUT2D eigenvalue weighted by atomic mass is 16.5. The molecule has 0 radical (unpaired) electrons. The Bertz CT molecular complexity index is 422. The van der Waals surface area contributed by atoms with E-state index in [-0.39, 0.29) is 0 Å². The lowest BCUT2D eigenvalue weighted by Crippen LogP contribution is -2.25. The van der Waals surface area contributed by atoms with Gasteiger partial charge in [0.25, 0.3) is 0 Å². The fourth-order valence-electron chi connectivity index (χ4n) is 3.28. The summed E-state index contributed by atoms with van der Waals surface area (Å²) in [7, 11) is 1.68. The number of methoxy groups -OCH3 is 1. The third-order valence-corrected chi connectivity index (χ3v) is 4.51. The number of hydrogen-bond donors (Lipinski definition) is 0. The van der Waals surface area contributed by atoms with Crippen LogP contribution < -0.4 is 4.74 Å². The second-order valence-corrected chi connectivity index (χ2v) is 5.98. The van der Waals surface area contributed by atoms with Crippen molar-refractivity contribution in [3.8, 4) is 5.75 Å². The lowest BCUT2D eigenvalue weighted by Gasteiger charge is -2.28. The van der Waals surface area contributed by atoms with Gasteiger partial charge in [0.2, 0.25) is 0 Å². The molecular formula is C18H26O2. The van der Waals surface area contributed by atoms with E-state index in [0.29, 0.717) is 11.7 Å². The summed E-state index contributed by atoms with van der Waals surface area (Å²) < 4.78 is 5.17. The van der Waals surface area contributed by atoms with E-state index in [1.165, 1.54) is 18.4 Å². The Morgan fingerprint density at radius 3 is 2.60 bits per heavy atom. The molecule has 0 spiro atoms. The van der Waals surface area contributed by atoms with Gasteiger partial charge in [0.15, 0.2) is 0 Å². The van der Waals surface area contributed by atoms with E-state index in [0.717, 1.165) is 43.8 Å². The molecule has 1 aromatic carbocycles. The van der Waals surface area contributed by atoms with Crippen LogP contribution in [0.15, 0.2) is 24.3 Å². The van der Waals surface area contributed by atoms with Gasteiger partial charge in [0.05, 0.1) is 7.11 Å². The SMILES string of the molecule is CCCC1CCC(=O)C(CCc2ccc(OC)cc2)C1. The number of Topliss-reactive ketones (excluding diaryl/α,β-unsaturated/α-hetero) is 1. The van der Waals surface area contributed by atoms with Gasteiger partial charge in [-0.1, -0.05) is 31.9 Å². The van der Waals surface area contributed by atoms with Crippen LogP contribution in [-0.2, 0) is 11.2 Å². The third-order valence-electron chi connectivity index (χ3n) is 4.51. The van der Waals surface area contributed by atoms with Crippen LogP contribution in [0.5, 0.6) is 5.75 Å². The van der Waals surface area contributed by atoms with Gasteiger partial charge in [-0.2, -0.15) is 0 Å². The molecule has 2 unspecified atom stereocenters. The number of ketones is 1. The summed E-state index contributed by atoms with van der Waals surface area (Å²) in [6.07, 6.45) is 7.56. The van der Waals surface area contributed by atoms with E-state index in [2.05, 4.69) is 19.1 Å². The molecule has 2 heteroatoms. The van der Waals surface area contributed by atoms with E-state index in [1.54, 1.807) is 7.11 Å². The van der Waals surface area contributed by atoms with Gasteiger partial charge in [-0.25, -0.2) is 0 Å². The van der Waals surface area contributed by atoms with Crippen LogP contribution in [0.25, 0.3) is 0 Å². The minimum atomic E-state index is 0.294. The van der Waals surface area contributed by atoms with Crippen molar-refractivity contribution in [1.82, 2.24) is 0 Å². The van der Waals surface area contributed by atoms with Crippen molar-refractivity contribution in [2.45, 2.75) is 51.9 Å². The summed E-state index contributed by atoms with van der Waals surface area (Å²) in [6.45, 7) is 2.24. The topological polar surface area (TPSA) is 26.3 Å². The molecule has 1 fully saturated rings. The molecule has 0 heterocycles. The van der Waals surface area contributed by atoms with Gasteiger partial charge >= 0.3 is 0 Å². The zero-order valence-electron chi connectivity index (χ0n) is 12.7.